The van der Waals surface area contributed by atoms with Crippen molar-refractivity contribution >= 4 is 11.7 Å². The second-order valence-electron chi connectivity index (χ2n) is 7.58. The topological polar surface area (TPSA) is 81.2 Å². The Hall–Kier alpha value is -2.18. The van der Waals surface area contributed by atoms with E-state index in [0.29, 0.717) is 18.4 Å². The first kappa shape index (κ1) is 20.6. The Morgan fingerprint density at radius 1 is 1.29 bits per heavy atom. The van der Waals surface area contributed by atoms with Crippen LogP contribution in [0.3, 0.4) is 0 Å². The number of H-pyrrole nitrogens is 1. The van der Waals surface area contributed by atoms with Gasteiger partial charge in [0.25, 0.3) is 0 Å². The van der Waals surface area contributed by atoms with Crippen LogP contribution < -0.4 is 5.32 Å². The number of aliphatic hydroxyl groups is 1. The lowest BCUT2D eigenvalue weighted by Crippen LogP contribution is -2.51. The van der Waals surface area contributed by atoms with E-state index in [9.17, 15) is 9.90 Å². The smallest absolute Gasteiger partial charge is 0.242 e. The Bertz CT molecular complexity index is 725. The fourth-order valence-electron chi connectivity index (χ4n) is 4.20. The summed E-state index contributed by atoms with van der Waals surface area (Å²) in [6.07, 6.45) is 7.58. The molecule has 1 aromatic heterocycles. The lowest BCUT2D eigenvalue weighted by atomic mass is 9.92. The van der Waals surface area contributed by atoms with E-state index in [2.05, 4.69) is 27.3 Å². The summed E-state index contributed by atoms with van der Waals surface area (Å²) in [6, 6.07) is 11.9. The highest BCUT2D eigenvalue weighted by molar-refractivity contribution is 5.94. The number of aromatic nitrogens is 2. The first-order valence-corrected chi connectivity index (χ1v) is 10.5. The fraction of sp³-hybridized carbons (Fsp3) is 0.545. The summed E-state index contributed by atoms with van der Waals surface area (Å²) in [4.78, 5) is 15.3. The van der Waals surface area contributed by atoms with Gasteiger partial charge >= 0.3 is 0 Å². The zero-order valence-electron chi connectivity index (χ0n) is 16.7. The van der Waals surface area contributed by atoms with Crippen molar-refractivity contribution in [2.75, 3.05) is 18.5 Å². The van der Waals surface area contributed by atoms with Gasteiger partial charge in [-0.3, -0.25) is 14.8 Å². The van der Waals surface area contributed by atoms with Crippen LogP contribution in [0.25, 0.3) is 11.3 Å². The molecular weight excluding hydrogens is 352 g/mol. The number of nitrogens with zero attached hydrogens (tertiary/aromatic N) is 2. The largest absolute Gasteiger partial charge is 0.395 e. The zero-order chi connectivity index (χ0) is 19.8. The van der Waals surface area contributed by atoms with Crippen molar-refractivity contribution < 1.29 is 9.90 Å². The summed E-state index contributed by atoms with van der Waals surface area (Å²) in [5, 5.41) is 19.9. The molecule has 0 unspecified atom stereocenters. The zero-order valence-corrected chi connectivity index (χ0v) is 16.7. The van der Waals surface area contributed by atoms with Gasteiger partial charge in [-0.05, 0) is 24.8 Å². The summed E-state index contributed by atoms with van der Waals surface area (Å²) >= 11 is 0. The molecule has 6 nitrogen and oxygen atoms in total. The van der Waals surface area contributed by atoms with E-state index in [1.54, 1.807) is 0 Å². The van der Waals surface area contributed by atoms with E-state index in [1.165, 1.54) is 19.3 Å². The van der Waals surface area contributed by atoms with Gasteiger partial charge in [-0.25, -0.2) is 0 Å². The number of rotatable bonds is 9. The van der Waals surface area contributed by atoms with Crippen molar-refractivity contribution in [3.63, 3.8) is 0 Å². The molecule has 0 aliphatic heterocycles. The standard InChI is InChI=1S/C22H32N4O2/c1-2-9-20(26(14-15-27)18-12-7-4-8-13-18)22(28)23-21-16-19(24-25-21)17-10-5-3-6-11-17/h3,5-6,10-11,16,18,20,27H,2,4,7-9,12-15H2,1H3,(H2,23,24,25,28)/t20-/m0/s1. The molecule has 1 saturated carbocycles. The molecule has 1 aliphatic rings. The van der Waals surface area contributed by atoms with Gasteiger partial charge in [0.1, 0.15) is 0 Å². The molecule has 1 atom stereocenters. The molecule has 6 heteroatoms. The summed E-state index contributed by atoms with van der Waals surface area (Å²) in [5.74, 6) is 0.504. The van der Waals surface area contributed by atoms with Crippen molar-refractivity contribution in [2.45, 2.75) is 64.0 Å². The SMILES string of the molecule is CCC[C@@H](C(=O)Nc1cc(-c2ccccc2)[nH]n1)N(CCO)C1CCCCC1. The molecule has 1 fully saturated rings. The number of hydrogen-bond donors (Lipinski definition) is 3. The number of amides is 1. The lowest BCUT2D eigenvalue weighted by Gasteiger charge is -2.38. The average molecular weight is 385 g/mol. The second-order valence-corrected chi connectivity index (χ2v) is 7.58. The minimum Gasteiger partial charge on any atom is -0.395 e. The number of hydrogen-bond acceptors (Lipinski definition) is 4. The minimum atomic E-state index is -0.239. The van der Waals surface area contributed by atoms with Crippen molar-refractivity contribution in [1.29, 1.82) is 0 Å². The number of nitrogens with one attached hydrogen (secondary N) is 2. The highest BCUT2D eigenvalue weighted by Crippen LogP contribution is 2.26. The van der Waals surface area contributed by atoms with Gasteiger partial charge in [0.2, 0.25) is 5.91 Å². The number of benzene rings is 1. The van der Waals surface area contributed by atoms with E-state index in [4.69, 9.17) is 0 Å². The molecule has 3 N–H and O–H groups in total. The van der Waals surface area contributed by atoms with Crippen LogP contribution in [-0.2, 0) is 4.79 Å². The second kappa shape index (κ2) is 10.4. The molecule has 1 aliphatic carbocycles. The Kier molecular flexibility index (Phi) is 7.62. The molecular formula is C22H32N4O2. The summed E-state index contributed by atoms with van der Waals surface area (Å²) < 4.78 is 0. The van der Waals surface area contributed by atoms with Gasteiger partial charge in [-0.15, -0.1) is 0 Å². The van der Waals surface area contributed by atoms with E-state index in [0.717, 1.165) is 36.9 Å². The van der Waals surface area contributed by atoms with Crippen LogP contribution in [0.5, 0.6) is 0 Å². The van der Waals surface area contributed by atoms with Crippen molar-refractivity contribution in [2.24, 2.45) is 0 Å². The minimum absolute atomic E-state index is 0.0352. The molecule has 152 valence electrons. The van der Waals surface area contributed by atoms with Gasteiger partial charge in [-0.2, -0.15) is 5.10 Å². The lowest BCUT2D eigenvalue weighted by molar-refractivity contribution is -0.123. The molecule has 1 amide bonds. The Morgan fingerprint density at radius 2 is 2.04 bits per heavy atom. The maximum absolute atomic E-state index is 13.1. The van der Waals surface area contributed by atoms with Gasteiger partial charge in [-0.1, -0.05) is 62.9 Å². The van der Waals surface area contributed by atoms with E-state index < -0.39 is 0 Å². The normalized spacial score (nSPS) is 16.2. The summed E-state index contributed by atoms with van der Waals surface area (Å²) in [7, 11) is 0. The van der Waals surface area contributed by atoms with E-state index >= 15 is 0 Å². The van der Waals surface area contributed by atoms with Crippen LogP contribution in [-0.4, -0.2) is 51.3 Å². The number of carbonyl (C=O) groups is 1. The maximum Gasteiger partial charge on any atom is 0.242 e. The average Bonchev–Trinajstić information content (AvgIpc) is 3.20. The van der Waals surface area contributed by atoms with Crippen LogP contribution >= 0.6 is 0 Å². The molecule has 1 aromatic carbocycles. The number of aromatic amines is 1. The van der Waals surface area contributed by atoms with E-state index in [1.807, 2.05) is 36.4 Å². The Labute approximate surface area is 167 Å². The number of anilines is 1. The molecule has 0 radical (unpaired) electrons. The maximum atomic E-state index is 13.1. The number of aliphatic hydroxyl groups excluding tert-OH is 1. The summed E-state index contributed by atoms with van der Waals surface area (Å²) in [6.45, 7) is 2.71. The molecule has 0 spiro atoms. The molecule has 1 heterocycles. The highest BCUT2D eigenvalue weighted by Gasteiger charge is 2.31. The van der Waals surface area contributed by atoms with Gasteiger partial charge in [0, 0.05) is 18.7 Å². The van der Waals surface area contributed by atoms with Crippen LogP contribution in [0.15, 0.2) is 36.4 Å². The van der Waals surface area contributed by atoms with Crippen molar-refractivity contribution in [3.05, 3.63) is 36.4 Å². The Balaban J connectivity index is 1.72. The molecule has 0 bridgehead atoms. The van der Waals surface area contributed by atoms with Gasteiger partial charge in [0.15, 0.2) is 5.82 Å². The van der Waals surface area contributed by atoms with Crippen molar-refractivity contribution in [1.82, 2.24) is 15.1 Å². The quantitative estimate of drug-likeness (QED) is 0.614. The predicted molar refractivity (Wildman–Crippen MR) is 112 cm³/mol. The first-order valence-electron chi connectivity index (χ1n) is 10.5. The predicted octanol–water partition coefficient (Wildman–Crippen LogP) is 3.81. The van der Waals surface area contributed by atoms with Crippen LogP contribution in [0.1, 0.15) is 51.9 Å². The fourth-order valence-corrected chi connectivity index (χ4v) is 4.20. The van der Waals surface area contributed by atoms with Gasteiger partial charge < -0.3 is 10.4 Å². The van der Waals surface area contributed by atoms with Crippen LogP contribution in [0.4, 0.5) is 5.82 Å². The van der Waals surface area contributed by atoms with E-state index in [-0.39, 0.29) is 18.6 Å². The molecule has 0 saturated heterocycles. The molecule has 3 rings (SSSR count). The van der Waals surface area contributed by atoms with Crippen LogP contribution in [0, 0.1) is 0 Å². The third-order valence-electron chi connectivity index (χ3n) is 5.58. The van der Waals surface area contributed by atoms with Crippen LogP contribution in [0.2, 0.25) is 0 Å². The molecule has 2 aromatic rings. The third kappa shape index (κ3) is 5.20. The van der Waals surface area contributed by atoms with Gasteiger partial charge in [0.05, 0.1) is 18.3 Å². The van der Waals surface area contributed by atoms with Crippen molar-refractivity contribution in [3.8, 4) is 11.3 Å². The molecule has 28 heavy (non-hydrogen) atoms. The summed E-state index contributed by atoms with van der Waals surface area (Å²) in [5.41, 5.74) is 1.91. The first-order chi connectivity index (χ1) is 13.7. The number of carbonyl (C=O) groups excluding carboxylic acids is 1. The Morgan fingerprint density at radius 3 is 2.71 bits per heavy atom. The highest BCUT2D eigenvalue weighted by atomic mass is 16.3. The third-order valence-corrected chi connectivity index (χ3v) is 5.58. The monoisotopic (exact) mass is 384 g/mol.